The molecule has 0 amide bonds. The highest BCUT2D eigenvalue weighted by atomic mass is 16.5. The molecule has 4 nitrogen and oxygen atoms in total. The molecule has 106 valence electrons. The molecule has 1 aromatic rings. The van der Waals surface area contributed by atoms with Gasteiger partial charge in [-0.2, -0.15) is 0 Å². The minimum atomic E-state index is 0.489. The van der Waals surface area contributed by atoms with E-state index in [1.54, 1.807) is 0 Å². The molecule has 0 spiro atoms. The lowest BCUT2D eigenvalue weighted by Crippen LogP contribution is -2.29. The van der Waals surface area contributed by atoms with Gasteiger partial charge in [0.15, 0.2) is 0 Å². The maximum atomic E-state index is 5.95. The molecule has 1 saturated heterocycles. The minimum absolute atomic E-state index is 0.489. The monoisotopic (exact) mass is 263 g/mol. The fourth-order valence-electron chi connectivity index (χ4n) is 3.28. The molecule has 19 heavy (non-hydrogen) atoms. The Labute approximate surface area is 115 Å². The lowest BCUT2D eigenvalue weighted by Gasteiger charge is -2.24. The average molecular weight is 263 g/mol. The molecule has 2 heterocycles. The number of nitrogens with zero attached hydrogens (tertiary/aromatic N) is 2. The molecule has 0 radical (unpaired) electrons. The summed E-state index contributed by atoms with van der Waals surface area (Å²) in [6.07, 6.45) is 13.5. The standard InChI is InChI=1S/C15H25N3O/c1-2-6-13(5-1)19-10-9-18-12-16-11-15(18)14-7-3-4-8-17-14/h11-14,17H,1-10H2. The van der Waals surface area contributed by atoms with Gasteiger partial charge in [0.1, 0.15) is 0 Å². The van der Waals surface area contributed by atoms with Crippen LogP contribution in [0.25, 0.3) is 0 Å². The van der Waals surface area contributed by atoms with Gasteiger partial charge in [0, 0.05) is 18.8 Å². The van der Waals surface area contributed by atoms with Crippen LogP contribution in [0, 0.1) is 0 Å². The van der Waals surface area contributed by atoms with E-state index < -0.39 is 0 Å². The highest BCUT2D eigenvalue weighted by molar-refractivity contribution is 5.06. The van der Waals surface area contributed by atoms with Gasteiger partial charge in [-0.25, -0.2) is 4.98 Å². The van der Waals surface area contributed by atoms with Crippen LogP contribution in [0.4, 0.5) is 0 Å². The van der Waals surface area contributed by atoms with E-state index in [4.69, 9.17) is 4.74 Å². The van der Waals surface area contributed by atoms with Crippen LogP contribution < -0.4 is 5.32 Å². The first-order valence-corrected chi connectivity index (χ1v) is 7.78. The molecule has 1 atom stereocenters. The number of nitrogens with one attached hydrogen (secondary N) is 1. The van der Waals surface area contributed by atoms with Gasteiger partial charge in [0.2, 0.25) is 0 Å². The van der Waals surface area contributed by atoms with Crippen molar-refractivity contribution in [3.8, 4) is 0 Å². The van der Waals surface area contributed by atoms with Crippen molar-refractivity contribution in [2.75, 3.05) is 13.2 Å². The van der Waals surface area contributed by atoms with E-state index in [0.717, 1.165) is 19.7 Å². The molecule has 4 heteroatoms. The molecule has 1 N–H and O–H groups in total. The van der Waals surface area contributed by atoms with Crippen molar-refractivity contribution >= 4 is 0 Å². The molecule has 0 bridgehead atoms. The van der Waals surface area contributed by atoms with E-state index >= 15 is 0 Å². The summed E-state index contributed by atoms with van der Waals surface area (Å²) in [6.45, 7) is 2.89. The second-order valence-corrected chi connectivity index (χ2v) is 5.79. The van der Waals surface area contributed by atoms with Gasteiger partial charge < -0.3 is 14.6 Å². The average Bonchev–Trinajstić information content (AvgIpc) is 3.11. The molecule has 1 saturated carbocycles. The Hall–Kier alpha value is -0.870. The SMILES string of the molecule is c1ncn(CCOC2CCCC2)c1C1CCCCN1. The summed E-state index contributed by atoms with van der Waals surface area (Å²) in [4.78, 5) is 4.32. The fraction of sp³-hybridized carbons (Fsp3) is 0.800. The summed E-state index contributed by atoms with van der Waals surface area (Å²) < 4.78 is 8.21. The summed E-state index contributed by atoms with van der Waals surface area (Å²) in [5, 5.41) is 3.59. The topological polar surface area (TPSA) is 39.1 Å². The van der Waals surface area contributed by atoms with E-state index in [-0.39, 0.29) is 0 Å². The van der Waals surface area contributed by atoms with Gasteiger partial charge in [0.25, 0.3) is 0 Å². The lowest BCUT2D eigenvalue weighted by atomic mass is 10.0. The first kappa shape index (κ1) is 13.1. The normalized spacial score (nSPS) is 24.9. The zero-order chi connectivity index (χ0) is 12.9. The van der Waals surface area contributed by atoms with Crippen LogP contribution in [0.5, 0.6) is 0 Å². The predicted molar refractivity (Wildman–Crippen MR) is 75.0 cm³/mol. The van der Waals surface area contributed by atoms with Crippen molar-refractivity contribution in [1.29, 1.82) is 0 Å². The van der Waals surface area contributed by atoms with Gasteiger partial charge in [-0.15, -0.1) is 0 Å². The number of ether oxygens (including phenoxy) is 1. The summed E-state index contributed by atoms with van der Waals surface area (Å²) >= 11 is 0. The van der Waals surface area contributed by atoms with Gasteiger partial charge in [-0.3, -0.25) is 0 Å². The van der Waals surface area contributed by atoms with Crippen molar-refractivity contribution in [2.45, 2.75) is 63.6 Å². The zero-order valence-corrected chi connectivity index (χ0v) is 11.7. The Morgan fingerprint density at radius 3 is 2.84 bits per heavy atom. The molecule has 1 aliphatic heterocycles. The van der Waals surface area contributed by atoms with E-state index in [0.29, 0.717) is 12.1 Å². The van der Waals surface area contributed by atoms with Crippen molar-refractivity contribution in [2.24, 2.45) is 0 Å². The smallest absolute Gasteiger partial charge is 0.0949 e. The van der Waals surface area contributed by atoms with E-state index in [1.807, 2.05) is 12.5 Å². The Morgan fingerprint density at radius 2 is 2.05 bits per heavy atom. The van der Waals surface area contributed by atoms with Crippen molar-refractivity contribution < 1.29 is 4.74 Å². The van der Waals surface area contributed by atoms with Crippen LogP contribution in [0.2, 0.25) is 0 Å². The number of rotatable bonds is 5. The van der Waals surface area contributed by atoms with Crippen LogP contribution >= 0.6 is 0 Å². The summed E-state index contributed by atoms with van der Waals surface area (Å²) in [7, 11) is 0. The van der Waals surface area contributed by atoms with Crippen LogP contribution in [0.15, 0.2) is 12.5 Å². The summed E-state index contributed by atoms with van der Waals surface area (Å²) in [5.41, 5.74) is 1.33. The maximum Gasteiger partial charge on any atom is 0.0949 e. The Kier molecular flexibility index (Phi) is 4.51. The number of hydrogen-bond donors (Lipinski definition) is 1. The molecule has 0 aromatic carbocycles. The molecule has 1 aromatic heterocycles. The fourth-order valence-corrected chi connectivity index (χ4v) is 3.28. The first-order valence-electron chi connectivity index (χ1n) is 7.78. The highest BCUT2D eigenvalue weighted by Gasteiger charge is 2.19. The highest BCUT2D eigenvalue weighted by Crippen LogP contribution is 2.23. The quantitative estimate of drug-likeness (QED) is 0.887. The molecule has 2 aliphatic rings. The van der Waals surface area contributed by atoms with Crippen molar-refractivity contribution in [3.63, 3.8) is 0 Å². The summed E-state index contributed by atoms with van der Waals surface area (Å²) in [6, 6.07) is 0.489. The Morgan fingerprint density at radius 1 is 1.21 bits per heavy atom. The second kappa shape index (κ2) is 6.53. The molecule has 2 fully saturated rings. The van der Waals surface area contributed by atoms with Gasteiger partial charge in [0.05, 0.1) is 24.7 Å². The van der Waals surface area contributed by atoms with Crippen LogP contribution in [0.1, 0.15) is 56.7 Å². The van der Waals surface area contributed by atoms with Crippen molar-refractivity contribution in [1.82, 2.24) is 14.9 Å². The minimum Gasteiger partial charge on any atom is -0.376 e. The molecule has 3 rings (SSSR count). The number of imidazole rings is 1. The van der Waals surface area contributed by atoms with E-state index in [9.17, 15) is 0 Å². The molecular weight excluding hydrogens is 238 g/mol. The second-order valence-electron chi connectivity index (χ2n) is 5.79. The van der Waals surface area contributed by atoms with Crippen LogP contribution in [0.3, 0.4) is 0 Å². The van der Waals surface area contributed by atoms with Crippen molar-refractivity contribution in [3.05, 3.63) is 18.2 Å². The van der Waals surface area contributed by atoms with Gasteiger partial charge >= 0.3 is 0 Å². The largest absolute Gasteiger partial charge is 0.376 e. The van der Waals surface area contributed by atoms with Gasteiger partial charge in [-0.1, -0.05) is 19.3 Å². The predicted octanol–water partition coefficient (Wildman–Crippen LogP) is 2.66. The zero-order valence-electron chi connectivity index (χ0n) is 11.7. The number of aromatic nitrogens is 2. The number of hydrogen-bond acceptors (Lipinski definition) is 3. The Bertz CT molecular complexity index is 378. The lowest BCUT2D eigenvalue weighted by molar-refractivity contribution is 0.0524. The third-order valence-corrected chi connectivity index (χ3v) is 4.40. The molecule has 1 aliphatic carbocycles. The first-order chi connectivity index (χ1) is 9.43. The maximum absolute atomic E-state index is 5.95. The molecular formula is C15H25N3O. The summed E-state index contributed by atoms with van der Waals surface area (Å²) in [5.74, 6) is 0. The van der Waals surface area contributed by atoms with Crippen LogP contribution in [-0.2, 0) is 11.3 Å². The number of piperidine rings is 1. The van der Waals surface area contributed by atoms with E-state index in [2.05, 4.69) is 14.9 Å². The third-order valence-electron chi connectivity index (χ3n) is 4.40. The Balaban J connectivity index is 1.51. The molecule has 1 unspecified atom stereocenters. The third kappa shape index (κ3) is 3.37. The van der Waals surface area contributed by atoms with E-state index in [1.165, 1.54) is 50.6 Å². The van der Waals surface area contributed by atoms with Gasteiger partial charge in [-0.05, 0) is 32.2 Å². The van der Waals surface area contributed by atoms with Crippen LogP contribution in [-0.4, -0.2) is 28.8 Å².